The Kier molecular flexibility index (Phi) is 5.80. The van der Waals surface area contributed by atoms with Crippen molar-refractivity contribution >= 4 is 11.9 Å². The molecule has 1 heterocycles. The maximum Gasteiger partial charge on any atom is 0.317 e. The Balaban J connectivity index is 1.76. The Hall–Kier alpha value is -2.11. The molecule has 0 bridgehead atoms. The first-order valence-corrected chi connectivity index (χ1v) is 8.34. The summed E-state index contributed by atoms with van der Waals surface area (Å²) in [7, 11) is 0. The van der Waals surface area contributed by atoms with Gasteiger partial charge in [0.15, 0.2) is 0 Å². The zero-order valence-electron chi connectivity index (χ0n) is 14.6. The van der Waals surface area contributed by atoms with E-state index in [9.17, 15) is 14.0 Å². The number of hydrogen-bond donors (Lipinski definition) is 1. The summed E-state index contributed by atoms with van der Waals surface area (Å²) in [6, 6.07) is 6.15. The highest BCUT2D eigenvalue weighted by atomic mass is 19.1. The molecule has 1 aliphatic heterocycles. The number of aryl methyl sites for hydroxylation is 1. The van der Waals surface area contributed by atoms with Gasteiger partial charge in [0.25, 0.3) is 0 Å². The Morgan fingerprint density at radius 1 is 1.04 bits per heavy atom. The summed E-state index contributed by atoms with van der Waals surface area (Å²) in [5.41, 5.74) is 0.687. The molecule has 1 N–H and O–H groups in total. The topological polar surface area (TPSA) is 52.7 Å². The number of carbonyl (C=O) groups is 2. The van der Waals surface area contributed by atoms with Crippen molar-refractivity contribution in [3.8, 4) is 0 Å². The zero-order chi connectivity index (χ0) is 17.7. The molecule has 0 radical (unpaired) electrons. The van der Waals surface area contributed by atoms with E-state index >= 15 is 0 Å². The van der Waals surface area contributed by atoms with Gasteiger partial charge in [-0.3, -0.25) is 4.79 Å². The SMILES string of the molecule is CC(C)(C)NC(=O)N1CCN(C(=O)CCc2ccc(F)cc2)CC1. The summed E-state index contributed by atoms with van der Waals surface area (Å²) in [5, 5.41) is 2.94. The van der Waals surface area contributed by atoms with Crippen molar-refractivity contribution in [2.24, 2.45) is 0 Å². The van der Waals surface area contributed by atoms with Gasteiger partial charge in [0, 0.05) is 38.1 Å². The number of rotatable bonds is 3. The van der Waals surface area contributed by atoms with Gasteiger partial charge in [-0.2, -0.15) is 0 Å². The van der Waals surface area contributed by atoms with Crippen LogP contribution in [-0.2, 0) is 11.2 Å². The summed E-state index contributed by atoms with van der Waals surface area (Å²) in [4.78, 5) is 27.9. The van der Waals surface area contributed by atoms with E-state index in [-0.39, 0.29) is 23.3 Å². The molecule has 1 fully saturated rings. The van der Waals surface area contributed by atoms with Crippen molar-refractivity contribution in [3.63, 3.8) is 0 Å². The average molecular weight is 335 g/mol. The van der Waals surface area contributed by atoms with Crippen molar-refractivity contribution in [1.82, 2.24) is 15.1 Å². The number of nitrogens with one attached hydrogen (secondary N) is 1. The Bertz CT molecular complexity index is 573. The highest BCUT2D eigenvalue weighted by molar-refractivity contribution is 5.78. The fourth-order valence-electron chi connectivity index (χ4n) is 2.62. The van der Waals surface area contributed by atoms with Crippen LogP contribution in [0.3, 0.4) is 0 Å². The predicted octanol–water partition coefficient (Wildman–Crippen LogP) is 2.41. The first-order valence-electron chi connectivity index (χ1n) is 8.34. The number of nitrogens with zero attached hydrogens (tertiary/aromatic N) is 2. The molecule has 0 spiro atoms. The van der Waals surface area contributed by atoms with Crippen molar-refractivity contribution in [3.05, 3.63) is 35.6 Å². The molecule has 2 rings (SSSR count). The lowest BCUT2D eigenvalue weighted by Gasteiger charge is -2.36. The molecular formula is C18H26FN3O2. The van der Waals surface area contributed by atoms with Crippen LogP contribution < -0.4 is 5.32 Å². The molecule has 0 atom stereocenters. The molecular weight excluding hydrogens is 309 g/mol. The minimum absolute atomic E-state index is 0.0789. The van der Waals surface area contributed by atoms with E-state index in [0.29, 0.717) is 39.0 Å². The second-order valence-corrected chi connectivity index (χ2v) is 7.17. The molecule has 5 nitrogen and oxygen atoms in total. The van der Waals surface area contributed by atoms with Crippen LogP contribution in [0, 0.1) is 5.82 Å². The Morgan fingerprint density at radius 2 is 1.58 bits per heavy atom. The summed E-state index contributed by atoms with van der Waals surface area (Å²) >= 11 is 0. The number of urea groups is 1. The summed E-state index contributed by atoms with van der Waals surface area (Å²) in [6.07, 6.45) is 1.00. The number of piperazine rings is 1. The standard InChI is InChI=1S/C18H26FN3O2/c1-18(2,3)20-17(24)22-12-10-21(11-13-22)16(23)9-6-14-4-7-15(19)8-5-14/h4-5,7-8H,6,9-13H2,1-3H3,(H,20,24). The van der Waals surface area contributed by atoms with Crippen LogP contribution in [0.25, 0.3) is 0 Å². The van der Waals surface area contributed by atoms with Crippen LogP contribution in [0.2, 0.25) is 0 Å². The first kappa shape index (κ1) is 18.2. The second-order valence-electron chi connectivity index (χ2n) is 7.17. The van der Waals surface area contributed by atoms with Crippen molar-refractivity contribution in [1.29, 1.82) is 0 Å². The average Bonchev–Trinajstić information content (AvgIpc) is 2.52. The Labute approximate surface area is 142 Å². The van der Waals surface area contributed by atoms with Gasteiger partial charge in [-0.1, -0.05) is 12.1 Å². The van der Waals surface area contributed by atoms with E-state index in [4.69, 9.17) is 0 Å². The van der Waals surface area contributed by atoms with Gasteiger partial charge in [-0.05, 0) is 44.9 Å². The normalized spacial score (nSPS) is 15.3. The minimum Gasteiger partial charge on any atom is -0.339 e. The third-order valence-corrected chi connectivity index (χ3v) is 3.94. The zero-order valence-corrected chi connectivity index (χ0v) is 14.6. The maximum atomic E-state index is 12.9. The number of halogens is 1. The van der Waals surface area contributed by atoms with E-state index < -0.39 is 0 Å². The van der Waals surface area contributed by atoms with Gasteiger partial charge in [-0.25, -0.2) is 9.18 Å². The van der Waals surface area contributed by atoms with E-state index in [0.717, 1.165) is 5.56 Å². The number of benzene rings is 1. The number of amides is 3. The lowest BCUT2D eigenvalue weighted by atomic mass is 10.1. The van der Waals surface area contributed by atoms with E-state index in [2.05, 4.69) is 5.32 Å². The van der Waals surface area contributed by atoms with Crippen molar-refractivity contribution in [2.75, 3.05) is 26.2 Å². The second kappa shape index (κ2) is 7.64. The molecule has 132 valence electrons. The lowest BCUT2D eigenvalue weighted by Crippen LogP contribution is -2.56. The van der Waals surface area contributed by atoms with Crippen molar-refractivity contribution in [2.45, 2.75) is 39.2 Å². The lowest BCUT2D eigenvalue weighted by molar-refractivity contribution is -0.132. The molecule has 0 aromatic heterocycles. The fraction of sp³-hybridized carbons (Fsp3) is 0.556. The van der Waals surface area contributed by atoms with Gasteiger partial charge in [0.05, 0.1) is 0 Å². The molecule has 1 saturated heterocycles. The maximum absolute atomic E-state index is 12.9. The molecule has 3 amide bonds. The van der Waals surface area contributed by atoms with Gasteiger partial charge >= 0.3 is 6.03 Å². The highest BCUT2D eigenvalue weighted by Gasteiger charge is 2.25. The van der Waals surface area contributed by atoms with Gasteiger partial charge in [0.2, 0.25) is 5.91 Å². The molecule has 0 aliphatic carbocycles. The van der Waals surface area contributed by atoms with Crippen LogP contribution >= 0.6 is 0 Å². The van der Waals surface area contributed by atoms with Crippen LogP contribution in [0.5, 0.6) is 0 Å². The monoisotopic (exact) mass is 335 g/mol. The van der Waals surface area contributed by atoms with E-state index in [1.807, 2.05) is 20.8 Å². The van der Waals surface area contributed by atoms with E-state index in [1.54, 1.807) is 21.9 Å². The fourth-order valence-corrected chi connectivity index (χ4v) is 2.62. The third-order valence-electron chi connectivity index (χ3n) is 3.94. The summed E-state index contributed by atoms with van der Waals surface area (Å²) < 4.78 is 12.9. The number of hydrogen-bond acceptors (Lipinski definition) is 2. The van der Waals surface area contributed by atoms with Gasteiger partial charge < -0.3 is 15.1 Å². The predicted molar refractivity (Wildman–Crippen MR) is 91.2 cm³/mol. The molecule has 24 heavy (non-hydrogen) atoms. The summed E-state index contributed by atoms with van der Waals surface area (Å²) in [6.45, 7) is 8.04. The molecule has 1 aromatic carbocycles. The third kappa shape index (κ3) is 5.51. The van der Waals surface area contributed by atoms with Crippen LogP contribution in [0.15, 0.2) is 24.3 Å². The van der Waals surface area contributed by atoms with Crippen LogP contribution in [-0.4, -0.2) is 53.5 Å². The van der Waals surface area contributed by atoms with E-state index in [1.165, 1.54) is 12.1 Å². The molecule has 0 saturated carbocycles. The van der Waals surface area contributed by atoms with Gasteiger partial charge in [0.1, 0.15) is 5.82 Å². The molecule has 6 heteroatoms. The number of carbonyl (C=O) groups excluding carboxylic acids is 2. The molecule has 0 unspecified atom stereocenters. The Morgan fingerprint density at radius 3 is 2.12 bits per heavy atom. The molecule has 1 aromatic rings. The van der Waals surface area contributed by atoms with Crippen LogP contribution in [0.1, 0.15) is 32.8 Å². The largest absolute Gasteiger partial charge is 0.339 e. The summed E-state index contributed by atoms with van der Waals surface area (Å²) in [5.74, 6) is -0.190. The highest BCUT2D eigenvalue weighted by Crippen LogP contribution is 2.10. The smallest absolute Gasteiger partial charge is 0.317 e. The van der Waals surface area contributed by atoms with Crippen LogP contribution in [0.4, 0.5) is 9.18 Å². The minimum atomic E-state index is -0.269. The van der Waals surface area contributed by atoms with Gasteiger partial charge in [-0.15, -0.1) is 0 Å². The quantitative estimate of drug-likeness (QED) is 0.922. The first-order chi connectivity index (χ1) is 11.2. The molecule has 1 aliphatic rings. The van der Waals surface area contributed by atoms with Crippen molar-refractivity contribution < 1.29 is 14.0 Å².